The van der Waals surface area contributed by atoms with Gasteiger partial charge in [-0.2, -0.15) is 5.26 Å². The lowest BCUT2D eigenvalue weighted by Crippen LogP contribution is -2.38. The molecule has 6 nitrogen and oxygen atoms in total. The Kier molecular flexibility index (Phi) is 4.71. The van der Waals surface area contributed by atoms with E-state index >= 15 is 0 Å². The summed E-state index contributed by atoms with van der Waals surface area (Å²) < 4.78 is 0. The van der Waals surface area contributed by atoms with E-state index in [1.165, 1.54) is 11.3 Å². The third-order valence-electron chi connectivity index (χ3n) is 2.98. The van der Waals surface area contributed by atoms with Crippen molar-refractivity contribution in [3.63, 3.8) is 0 Å². The average Bonchev–Trinajstić information content (AvgIpc) is 3.05. The lowest BCUT2D eigenvalue weighted by Gasteiger charge is -2.19. The van der Waals surface area contributed by atoms with Crippen LogP contribution in [0.5, 0.6) is 0 Å². The Balaban J connectivity index is 1.90. The molecule has 1 aromatic rings. The maximum Gasteiger partial charge on any atom is 0.317 e. The van der Waals surface area contributed by atoms with Gasteiger partial charge in [-0.15, -0.1) is 11.3 Å². The third-order valence-corrected chi connectivity index (χ3v) is 3.81. The van der Waals surface area contributed by atoms with Gasteiger partial charge in [-0.1, -0.05) is 0 Å². The van der Waals surface area contributed by atoms with E-state index in [9.17, 15) is 9.59 Å². The predicted octanol–water partition coefficient (Wildman–Crippen LogP) is 1.35. The van der Waals surface area contributed by atoms with Crippen molar-refractivity contribution >= 4 is 28.2 Å². The van der Waals surface area contributed by atoms with Gasteiger partial charge in [-0.05, 0) is 30.2 Å². The second kappa shape index (κ2) is 6.50. The Morgan fingerprint density at radius 1 is 1.50 bits per heavy atom. The molecule has 1 aromatic heterocycles. The van der Waals surface area contributed by atoms with E-state index in [2.05, 4.69) is 5.32 Å². The molecule has 1 aliphatic rings. The molecule has 1 amide bonds. The van der Waals surface area contributed by atoms with Crippen LogP contribution in [0.3, 0.4) is 0 Å². The van der Waals surface area contributed by atoms with Gasteiger partial charge in [-0.25, -0.2) is 0 Å². The quantitative estimate of drug-likeness (QED) is 0.791. The number of hydrogen-bond acceptors (Lipinski definition) is 5. The molecule has 1 aliphatic carbocycles. The highest BCUT2D eigenvalue weighted by Gasteiger charge is 2.26. The Bertz CT molecular complexity index is 545. The van der Waals surface area contributed by atoms with Crippen LogP contribution in [0.2, 0.25) is 0 Å². The molecule has 20 heavy (non-hydrogen) atoms. The number of amides is 1. The van der Waals surface area contributed by atoms with Crippen molar-refractivity contribution in [3.8, 4) is 6.07 Å². The number of carbonyl (C=O) groups is 2. The highest BCUT2D eigenvalue weighted by atomic mass is 32.1. The predicted molar refractivity (Wildman–Crippen MR) is 74.5 cm³/mol. The number of hydrogen-bond donors (Lipinski definition) is 2. The molecule has 7 heteroatoms. The first-order valence-electron chi connectivity index (χ1n) is 6.30. The summed E-state index contributed by atoms with van der Waals surface area (Å²) in [7, 11) is 0. The summed E-state index contributed by atoms with van der Waals surface area (Å²) in [6, 6.07) is 3.64. The van der Waals surface area contributed by atoms with E-state index in [-0.39, 0.29) is 19.0 Å². The number of aliphatic carboxylic acids is 1. The minimum atomic E-state index is -0.938. The van der Waals surface area contributed by atoms with E-state index in [1.54, 1.807) is 16.3 Å². The number of rotatable bonds is 7. The second-order valence-corrected chi connectivity index (χ2v) is 5.75. The van der Waals surface area contributed by atoms with Crippen LogP contribution in [0, 0.1) is 17.2 Å². The molecule has 0 spiro atoms. The lowest BCUT2D eigenvalue weighted by atomic mass is 10.3. The summed E-state index contributed by atoms with van der Waals surface area (Å²) in [5, 5.41) is 22.6. The molecule has 106 valence electrons. The number of nitriles is 1. The fourth-order valence-corrected chi connectivity index (χ4v) is 2.66. The van der Waals surface area contributed by atoms with Crippen LogP contribution in [0.4, 0.5) is 5.00 Å². The van der Waals surface area contributed by atoms with Crippen molar-refractivity contribution in [2.75, 3.05) is 25.0 Å². The summed E-state index contributed by atoms with van der Waals surface area (Å²) in [6.45, 7) is 0.528. The first-order chi connectivity index (χ1) is 9.58. The summed E-state index contributed by atoms with van der Waals surface area (Å²) in [4.78, 5) is 24.4. The van der Waals surface area contributed by atoms with E-state index in [0.29, 0.717) is 23.0 Å². The van der Waals surface area contributed by atoms with E-state index in [1.807, 2.05) is 6.07 Å². The van der Waals surface area contributed by atoms with Crippen LogP contribution in [0.1, 0.15) is 18.4 Å². The molecular formula is C13H15N3O3S. The van der Waals surface area contributed by atoms with E-state index in [0.717, 1.165) is 12.8 Å². The van der Waals surface area contributed by atoms with Crippen molar-refractivity contribution in [1.82, 2.24) is 4.90 Å². The number of carbonyl (C=O) groups excluding carboxylic acids is 1. The Morgan fingerprint density at radius 3 is 2.85 bits per heavy atom. The van der Waals surface area contributed by atoms with Crippen LogP contribution in [-0.4, -0.2) is 41.5 Å². The first-order valence-corrected chi connectivity index (χ1v) is 7.18. The maximum atomic E-state index is 11.9. The highest BCUT2D eigenvalue weighted by Crippen LogP contribution is 2.29. The van der Waals surface area contributed by atoms with Crippen molar-refractivity contribution < 1.29 is 14.7 Å². The monoisotopic (exact) mass is 293 g/mol. The highest BCUT2D eigenvalue weighted by molar-refractivity contribution is 7.14. The number of nitrogens with zero attached hydrogens (tertiary/aromatic N) is 2. The second-order valence-electron chi connectivity index (χ2n) is 4.83. The number of thiophene rings is 1. The summed E-state index contributed by atoms with van der Waals surface area (Å²) in [5.74, 6) is -0.711. The van der Waals surface area contributed by atoms with Gasteiger partial charge in [0.25, 0.3) is 0 Å². The Hall–Kier alpha value is -1.91. The standard InChI is InChI=1S/C13H15N3O3S/c14-5-10-3-4-20-13(10)15-11(17)7-16(8-12(18)19)6-9-1-2-9/h3-4,9H,1-2,6-8H2,(H,15,17)(H,18,19). The number of nitrogens with one attached hydrogen (secondary N) is 1. The molecule has 0 aromatic carbocycles. The smallest absolute Gasteiger partial charge is 0.317 e. The maximum absolute atomic E-state index is 11.9. The molecule has 0 bridgehead atoms. The fourth-order valence-electron chi connectivity index (χ4n) is 1.91. The van der Waals surface area contributed by atoms with Crippen molar-refractivity contribution in [1.29, 1.82) is 5.26 Å². The van der Waals surface area contributed by atoms with Gasteiger partial charge < -0.3 is 10.4 Å². The topological polar surface area (TPSA) is 93.4 Å². The SMILES string of the molecule is N#Cc1ccsc1NC(=O)CN(CC(=O)O)CC1CC1. The van der Waals surface area contributed by atoms with Crippen LogP contribution in [0.15, 0.2) is 11.4 Å². The minimum Gasteiger partial charge on any atom is -0.480 e. The molecule has 0 radical (unpaired) electrons. The van der Waals surface area contributed by atoms with E-state index in [4.69, 9.17) is 10.4 Å². The van der Waals surface area contributed by atoms with Gasteiger partial charge in [0, 0.05) is 6.54 Å². The molecule has 1 heterocycles. The zero-order valence-electron chi connectivity index (χ0n) is 10.8. The molecule has 2 N–H and O–H groups in total. The van der Waals surface area contributed by atoms with E-state index < -0.39 is 5.97 Å². The van der Waals surface area contributed by atoms with Gasteiger partial charge in [0.15, 0.2) is 0 Å². The first kappa shape index (κ1) is 14.5. The zero-order chi connectivity index (χ0) is 14.5. The average molecular weight is 293 g/mol. The summed E-state index contributed by atoms with van der Waals surface area (Å²) >= 11 is 1.28. The fraction of sp³-hybridized carbons (Fsp3) is 0.462. The molecule has 0 unspecified atom stereocenters. The molecular weight excluding hydrogens is 278 g/mol. The molecule has 1 fully saturated rings. The van der Waals surface area contributed by atoms with Gasteiger partial charge in [0.05, 0.1) is 18.7 Å². The van der Waals surface area contributed by atoms with Crippen molar-refractivity contribution in [2.45, 2.75) is 12.8 Å². The van der Waals surface area contributed by atoms with Crippen LogP contribution >= 0.6 is 11.3 Å². The van der Waals surface area contributed by atoms with Crippen LogP contribution in [0.25, 0.3) is 0 Å². The molecule has 1 saturated carbocycles. The molecule has 2 rings (SSSR count). The van der Waals surface area contributed by atoms with Gasteiger partial charge in [0.1, 0.15) is 11.1 Å². The number of carboxylic acid groups (broad SMARTS) is 1. The van der Waals surface area contributed by atoms with Crippen molar-refractivity contribution in [3.05, 3.63) is 17.0 Å². The normalized spacial score (nSPS) is 14.0. The van der Waals surface area contributed by atoms with Gasteiger partial charge >= 0.3 is 5.97 Å². The lowest BCUT2D eigenvalue weighted by molar-refractivity contribution is -0.138. The molecule has 0 saturated heterocycles. The van der Waals surface area contributed by atoms with Crippen molar-refractivity contribution in [2.24, 2.45) is 5.92 Å². The zero-order valence-corrected chi connectivity index (χ0v) is 11.7. The largest absolute Gasteiger partial charge is 0.480 e. The van der Waals surface area contributed by atoms with Crippen LogP contribution < -0.4 is 5.32 Å². The summed E-state index contributed by atoms with van der Waals surface area (Å²) in [6.07, 6.45) is 2.20. The molecule has 0 aliphatic heterocycles. The number of anilines is 1. The third kappa shape index (κ3) is 4.33. The van der Waals surface area contributed by atoms with Gasteiger partial charge in [-0.3, -0.25) is 14.5 Å². The van der Waals surface area contributed by atoms with Gasteiger partial charge in [0.2, 0.25) is 5.91 Å². The summed E-state index contributed by atoms with van der Waals surface area (Å²) in [5.41, 5.74) is 0.426. The number of carboxylic acids is 1. The molecule has 0 atom stereocenters. The van der Waals surface area contributed by atoms with Crippen LogP contribution in [-0.2, 0) is 9.59 Å². The Morgan fingerprint density at radius 2 is 2.25 bits per heavy atom. The minimum absolute atomic E-state index is 0.0333. The Labute approximate surface area is 120 Å².